The molecule has 1 aromatic rings. The number of fused-ring (bicyclic) bond motifs is 1. The van der Waals surface area contributed by atoms with Gasteiger partial charge in [0, 0.05) is 6.54 Å². The van der Waals surface area contributed by atoms with Crippen LogP contribution < -0.4 is 16.6 Å². The molecule has 0 amide bonds. The molecular formula is C15H24N4. The first kappa shape index (κ1) is 13.9. The van der Waals surface area contributed by atoms with Crippen LogP contribution in [0.1, 0.15) is 43.9 Å². The van der Waals surface area contributed by atoms with Crippen LogP contribution in [0.15, 0.2) is 29.3 Å². The molecule has 0 radical (unpaired) electrons. The molecule has 1 aliphatic rings. The van der Waals surface area contributed by atoms with E-state index >= 15 is 0 Å². The van der Waals surface area contributed by atoms with Crippen LogP contribution in [0.5, 0.6) is 0 Å². The SMILES string of the molecule is CC(C)CN=C(NN)NC1CCCc2ccccc21. The third kappa shape index (κ3) is 3.70. The molecule has 19 heavy (non-hydrogen) atoms. The van der Waals surface area contributed by atoms with Gasteiger partial charge in [0.1, 0.15) is 0 Å². The fraction of sp³-hybridized carbons (Fsp3) is 0.533. The molecule has 0 fully saturated rings. The van der Waals surface area contributed by atoms with Crippen LogP contribution in [0.2, 0.25) is 0 Å². The number of nitrogens with zero attached hydrogens (tertiary/aromatic N) is 1. The maximum absolute atomic E-state index is 5.55. The molecule has 0 saturated heterocycles. The number of hydrazine groups is 1. The van der Waals surface area contributed by atoms with Gasteiger partial charge in [-0.1, -0.05) is 38.1 Å². The Bertz CT molecular complexity index is 440. The van der Waals surface area contributed by atoms with E-state index in [1.807, 2.05) is 0 Å². The molecule has 0 aromatic heterocycles. The monoisotopic (exact) mass is 260 g/mol. The molecule has 1 unspecified atom stereocenters. The summed E-state index contributed by atoms with van der Waals surface area (Å²) < 4.78 is 0. The van der Waals surface area contributed by atoms with Gasteiger partial charge in [0.05, 0.1) is 6.04 Å². The molecule has 4 nitrogen and oxygen atoms in total. The second-order valence-electron chi connectivity index (χ2n) is 5.52. The van der Waals surface area contributed by atoms with E-state index in [2.05, 4.69) is 53.8 Å². The van der Waals surface area contributed by atoms with E-state index in [4.69, 9.17) is 5.84 Å². The highest BCUT2D eigenvalue weighted by Gasteiger charge is 2.20. The topological polar surface area (TPSA) is 62.4 Å². The summed E-state index contributed by atoms with van der Waals surface area (Å²) in [7, 11) is 0. The number of rotatable bonds is 3. The van der Waals surface area contributed by atoms with Crippen LogP contribution in [0.25, 0.3) is 0 Å². The average molecular weight is 260 g/mol. The zero-order chi connectivity index (χ0) is 13.7. The van der Waals surface area contributed by atoms with Crippen molar-refractivity contribution in [3.63, 3.8) is 0 Å². The zero-order valence-corrected chi connectivity index (χ0v) is 11.8. The summed E-state index contributed by atoms with van der Waals surface area (Å²) in [5.41, 5.74) is 5.49. The lowest BCUT2D eigenvalue weighted by molar-refractivity contribution is 0.518. The highest BCUT2D eigenvalue weighted by Crippen LogP contribution is 2.29. The molecule has 0 heterocycles. The summed E-state index contributed by atoms with van der Waals surface area (Å²) in [6.07, 6.45) is 3.50. The maximum atomic E-state index is 5.55. The first-order valence-corrected chi connectivity index (χ1v) is 7.06. The summed E-state index contributed by atoms with van der Waals surface area (Å²) >= 11 is 0. The predicted molar refractivity (Wildman–Crippen MR) is 79.7 cm³/mol. The minimum Gasteiger partial charge on any atom is -0.349 e. The Balaban J connectivity index is 2.09. The zero-order valence-electron chi connectivity index (χ0n) is 11.8. The van der Waals surface area contributed by atoms with Gasteiger partial charge >= 0.3 is 0 Å². The fourth-order valence-electron chi connectivity index (χ4n) is 2.48. The lowest BCUT2D eigenvalue weighted by Crippen LogP contribution is -2.44. The van der Waals surface area contributed by atoms with Crippen molar-refractivity contribution in [3.05, 3.63) is 35.4 Å². The van der Waals surface area contributed by atoms with E-state index in [1.165, 1.54) is 24.0 Å². The van der Waals surface area contributed by atoms with Gasteiger partial charge < -0.3 is 5.32 Å². The molecule has 0 spiro atoms. The Morgan fingerprint density at radius 1 is 1.42 bits per heavy atom. The highest BCUT2D eigenvalue weighted by molar-refractivity contribution is 5.79. The number of hydrogen-bond acceptors (Lipinski definition) is 2. The number of hydrogen-bond donors (Lipinski definition) is 3. The number of aliphatic imine (C=N–C) groups is 1. The van der Waals surface area contributed by atoms with Gasteiger partial charge in [-0.15, -0.1) is 0 Å². The van der Waals surface area contributed by atoms with Gasteiger partial charge in [-0.25, -0.2) is 5.84 Å². The van der Waals surface area contributed by atoms with Crippen LogP contribution >= 0.6 is 0 Å². The van der Waals surface area contributed by atoms with E-state index in [0.29, 0.717) is 17.9 Å². The molecule has 104 valence electrons. The van der Waals surface area contributed by atoms with Crippen molar-refractivity contribution in [2.24, 2.45) is 16.8 Å². The van der Waals surface area contributed by atoms with Crippen LogP contribution in [-0.2, 0) is 6.42 Å². The highest BCUT2D eigenvalue weighted by atomic mass is 15.3. The van der Waals surface area contributed by atoms with Gasteiger partial charge in [-0.3, -0.25) is 10.4 Å². The van der Waals surface area contributed by atoms with Crippen LogP contribution in [-0.4, -0.2) is 12.5 Å². The summed E-state index contributed by atoms with van der Waals surface area (Å²) in [6.45, 7) is 5.07. The van der Waals surface area contributed by atoms with E-state index in [1.54, 1.807) is 0 Å². The summed E-state index contributed by atoms with van der Waals surface area (Å²) in [6, 6.07) is 8.93. The molecule has 0 saturated carbocycles. The molecule has 4 heteroatoms. The largest absolute Gasteiger partial charge is 0.349 e. The third-order valence-electron chi connectivity index (χ3n) is 3.43. The van der Waals surface area contributed by atoms with E-state index in [9.17, 15) is 0 Å². The molecule has 1 aliphatic carbocycles. The van der Waals surface area contributed by atoms with Gasteiger partial charge in [-0.2, -0.15) is 0 Å². The van der Waals surface area contributed by atoms with E-state index in [-0.39, 0.29) is 0 Å². The smallest absolute Gasteiger partial charge is 0.206 e. The average Bonchev–Trinajstić information content (AvgIpc) is 2.43. The van der Waals surface area contributed by atoms with E-state index < -0.39 is 0 Å². The summed E-state index contributed by atoms with van der Waals surface area (Å²) in [4.78, 5) is 4.48. The lowest BCUT2D eigenvalue weighted by atomic mass is 9.88. The van der Waals surface area contributed by atoms with Gasteiger partial charge in [-0.05, 0) is 36.3 Å². The summed E-state index contributed by atoms with van der Waals surface area (Å²) in [5.74, 6) is 6.77. The van der Waals surface area contributed by atoms with Crippen molar-refractivity contribution in [2.75, 3.05) is 6.54 Å². The van der Waals surface area contributed by atoms with Crippen LogP contribution in [0.3, 0.4) is 0 Å². The van der Waals surface area contributed by atoms with Crippen molar-refractivity contribution >= 4 is 5.96 Å². The normalized spacial score (nSPS) is 19.2. The van der Waals surface area contributed by atoms with Crippen molar-refractivity contribution in [1.82, 2.24) is 10.7 Å². The maximum Gasteiger partial charge on any atom is 0.206 e. The Kier molecular flexibility index (Phi) is 4.80. The van der Waals surface area contributed by atoms with Gasteiger partial charge in [0.2, 0.25) is 5.96 Å². The van der Waals surface area contributed by atoms with Gasteiger partial charge in [0.15, 0.2) is 0 Å². The Morgan fingerprint density at radius 3 is 2.95 bits per heavy atom. The van der Waals surface area contributed by atoms with E-state index in [0.717, 1.165) is 13.0 Å². The Morgan fingerprint density at radius 2 is 2.21 bits per heavy atom. The Hall–Kier alpha value is -1.55. The minimum atomic E-state index is 0.312. The van der Waals surface area contributed by atoms with Crippen molar-refractivity contribution in [2.45, 2.75) is 39.2 Å². The Labute approximate surface area is 115 Å². The molecular weight excluding hydrogens is 236 g/mol. The number of benzene rings is 1. The molecule has 2 rings (SSSR count). The van der Waals surface area contributed by atoms with Crippen molar-refractivity contribution in [3.8, 4) is 0 Å². The minimum absolute atomic E-state index is 0.312. The first-order chi connectivity index (χ1) is 9.20. The van der Waals surface area contributed by atoms with Crippen molar-refractivity contribution < 1.29 is 0 Å². The number of aryl methyl sites for hydroxylation is 1. The number of nitrogens with two attached hydrogens (primary N) is 1. The van der Waals surface area contributed by atoms with Crippen molar-refractivity contribution in [1.29, 1.82) is 0 Å². The van der Waals surface area contributed by atoms with Crippen LogP contribution in [0.4, 0.5) is 0 Å². The second kappa shape index (κ2) is 6.57. The molecule has 1 aromatic carbocycles. The molecule has 0 bridgehead atoms. The molecule has 1 atom stereocenters. The molecule has 0 aliphatic heterocycles. The number of guanidine groups is 1. The fourth-order valence-corrected chi connectivity index (χ4v) is 2.48. The second-order valence-corrected chi connectivity index (χ2v) is 5.52. The predicted octanol–water partition coefficient (Wildman–Crippen LogP) is 2.13. The number of nitrogens with one attached hydrogen (secondary N) is 2. The van der Waals surface area contributed by atoms with Gasteiger partial charge in [0.25, 0.3) is 0 Å². The van der Waals surface area contributed by atoms with Crippen LogP contribution in [0, 0.1) is 5.92 Å². The third-order valence-corrected chi connectivity index (χ3v) is 3.43. The standard InChI is InChI=1S/C15H24N4/c1-11(2)10-17-15(19-16)18-14-9-5-7-12-6-3-4-8-13(12)14/h3-4,6,8,11,14H,5,7,9-10,16H2,1-2H3,(H2,17,18,19). The lowest BCUT2D eigenvalue weighted by Gasteiger charge is -2.27. The quantitative estimate of drug-likeness (QED) is 0.338. The molecule has 4 N–H and O–H groups in total. The first-order valence-electron chi connectivity index (χ1n) is 7.06. The summed E-state index contributed by atoms with van der Waals surface area (Å²) in [5, 5.41) is 3.43.